The van der Waals surface area contributed by atoms with Crippen molar-refractivity contribution in [3.63, 3.8) is 0 Å². The Bertz CT molecular complexity index is 681. The van der Waals surface area contributed by atoms with Gasteiger partial charge in [-0.15, -0.1) is 0 Å². The maximum atomic E-state index is 11.9. The van der Waals surface area contributed by atoms with Crippen LogP contribution in [0.4, 0.5) is 0 Å². The maximum absolute atomic E-state index is 11.9. The summed E-state index contributed by atoms with van der Waals surface area (Å²) in [4.78, 5) is 23.6. The van der Waals surface area contributed by atoms with Gasteiger partial charge < -0.3 is 4.98 Å². The van der Waals surface area contributed by atoms with Gasteiger partial charge in [-0.25, -0.2) is 4.98 Å². The normalized spacial score (nSPS) is 13.4. The Kier molecular flexibility index (Phi) is 3.87. The lowest BCUT2D eigenvalue weighted by Gasteiger charge is -2.07. The number of aryl methyl sites for hydroxylation is 2. The Hall–Kier alpha value is -1.62. The second kappa shape index (κ2) is 5.79. The summed E-state index contributed by atoms with van der Waals surface area (Å²) >= 11 is 1.58. The number of thioether (sulfide) groups is 1. The zero-order chi connectivity index (χ0) is 13.9. The molecular weight excluding hydrogens is 270 g/mol. The minimum Gasteiger partial charge on any atom is -0.301 e. The van der Waals surface area contributed by atoms with E-state index in [1.54, 1.807) is 11.8 Å². The van der Waals surface area contributed by atoms with Gasteiger partial charge in [0.15, 0.2) is 5.16 Å². The predicted octanol–water partition coefficient (Wildman–Crippen LogP) is 2.51. The molecule has 2 aromatic heterocycles. The minimum atomic E-state index is 0.0388. The van der Waals surface area contributed by atoms with Crippen LogP contribution in [0.5, 0.6) is 0 Å². The molecule has 20 heavy (non-hydrogen) atoms. The number of fused-ring (bicyclic) bond motifs is 1. The van der Waals surface area contributed by atoms with Crippen LogP contribution in [0.1, 0.15) is 35.7 Å². The summed E-state index contributed by atoms with van der Waals surface area (Å²) in [7, 11) is 0. The van der Waals surface area contributed by atoms with Crippen molar-refractivity contribution in [2.24, 2.45) is 0 Å². The Morgan fingerprint density at radius 1 is 1.35 bits per heavy atom. The molecule has 104 valence electrons. The van der Waals surface area contributed by atoms with Crippen LogP contribution < -0.4 is 5.56 Å². The number of pyridine rings is 1. The summed E-state index contributed by atoms with van der Waals surface area (Å²) in [6, 6.07) is 2.05. The van der Waals surface area contributed by atoms with Crippen molar-refractivity contribution in [3.8, 4) is 0 Å². The number of hydrogen-bond donors (Lipinski definition) is 1. The fourth-order valence-electron chi connectivity index (χ4n) is 2.56. The maximum Gasteiger partial charge on any atom is 0.254 e. The van der Waals surface area contributed by atoms with Crippen molar-refractivity contribution in [3.05, 3.63) is 51.2 Å². The van der Waals surface area contributed by atoms with E-state index in [1.165, 1.54) is 11.1 Å². The molecule has 0 saturated carbocycles. The average Bonchev–Trinajstić information content (AvgIpc) is 2.94. The minimum absolute atomic E-state index is 0.0388. The van der Waals surface area contributed by atoms with Gasteiger partial charge in [0.2, 0.25) is 0 Å². The van der Waals surface area contributed by atoms with Crippen LogP contribution >= 0.6 is 11.8 Å². The zero-order valence-electron chi connectivity index (χ0n) is 11.5. The quantitative estimate of drug-likeness (QED) is 0.693. The number of aromatic amines is 1. The molecule has 5 heteroatoms. The molecule has 0 aliphatic heterocycles. The number of rotatable bonds is 4. The number of aromatic nitrogens is 3. The number of hydrogen-bond acceptors (Lipinski definition) is 4. The van der Waals surface area contributed by atoms with Crippen LogP contribution in [0.2, 0.25) is 0 Å². The molecule has 0 bridgehead atoms. The summed E-state index contributed by atoms with van der Waals surface area (Å²) in [6.07, 6.45) is 7.56. The van der Waals surface area contributed by atoms with Gasteiger partial charge in [0.1, 0.15) is 0 Å². The van der Waals surface area contributed by atoms with Gasteiger partial charge in [0.05, 0.1) is 5.69 Å². The van der Waals surface area contributed by atoms with E-state index in [0.29, 0.717) is 0 Å². The SMILES string of the molecule is CCc1ccncc1CSc1nc2c(c(=O)[nH]1)CCC2. The molecule has 0 fully saturated rings. The van der Waals surface area contributed by atoms with Crippen LogP contribution in [0.25, 0.3) is 0 Å². The van der Waals surface area contributed by atoms with Crippen molar-refractivity contribution in [1.29, 1.82) is 0 Å². The molecule has 1 aliphatic rings. The van der Waals surface area contributed by atoms with Crippen molar-refractivity contribution < 1.29 is 0 Å². The summed E-state index contributed by atoms with van der Waals surface area (Å²) in [5.41, 5.74) is 4.42. The smallest absolute Gasteiger partial charge is 0.254 e. The van der Waals surface area contributed by atoms with Gasteiger partial charge in [-0.1, -0.05) is 18.7 Å². The highest BCUT2D eigenvalue weighted by atomic mass is 32.2. The van der Waals surface area contributed by atoms with Crippen LogP contribution in [0.15, 0.2) is 28.4 Å². The zero-order valence-corrected chi connectivity index (χ0v) is 12.3. The third-order valence-electron chi connectivity index (χ3n) is 3.67. The highest BCUT2D eigenvalue weighted by Gasteiger charge is 2.17. The van der Waals surface area contributed by atoms with Crippen molar-refractivity contribution >= 4 is 11.8 Å². The van der Waals surface area contributed by atoms with Crippen LogP contribution in [0.3, 0.4) is 0 Å². The topological polar surface area (TPSA) is 58.6 Å². The Labute approximate surface area is 122 Å². The van der Waals surface area contributed by atoms with Crippen molar-refractivity contribution in [2.75, 3.05) is 0 Å². The number of H-pyrrole nitrogens is 1. The highest BCUT2D eigenvalue weighted by molar-refractivity contribution is 7.98. The second-order valence-electron chi connectivity index (χ2n) is 4.94. The molecule has 0 unspecified atom stereocenters. The first kappa shape index (κ1) is 13.4. The molecule has 0 aromatic carbocycles. The largest absolute Gasteiger partial charge is 0.301 e. The third-order valence-corrected chi connectivity index (χ3v) is 4.59. The number of nitrogens with one attached hydrogen (secondary N) is 1. The van der Waals surface area contributed by atoms with Gasteiger partial charge in [-0.2, -0.15) is 0 Å². The van der Waals surface area contributed by atoms with E-state index >= 15 is 0 Å². The molecule has 0 radical (unpaired) electrons. The standard InChI is InChI=1S/C15H17N3OS/c1-2-10-6-7-16-8-11(10)9-20-15-17-13-5-3-4-12(13)14(19)18-15/h6-8H,2-5,9H2,1H3,(H,17,18,19). The van der Waals surface area contributed by atoms with Crippen LogP contribution in [0, 0.1) is 0 Å². The lowest BCUT2D eigenvalue weighted by molar-refractivity contribution is 0.869. The summed E-state index contributed by atoms with van der Waals surface area (Å²) in [5.74, 6) is 0.790. The first-order valence-electron chi connectivity index (χ1n) is 6.94. The van der Waals surface area contributed by atoms with Crippen molar-refractivity contribution in [2.45, 2.75) is 43.5 Å². The molecule has 2 heterocycles. The van der Waals surface area contributed by atoms with Gasteiger partial charge >= 0.3 is 0 Å². The molecule has 0 saturated heterocycles. The second-order valence-corrected chi connectivity index (χ2v) is 5.90. The van der Waals surface area contributed by atoms with E-state index in [4.69, 9.17) is 0 Å². The predicted molar refractivity (Wildman–Crippen MR) is 80.1 cm³/mol. The van der Waals surface area contributed by atoms with E-state index in [0.717, 1.165) is 47.8 Å². The fourth-order valence-corrected chi connectivity index (χ4v) is 3.46. The molecule has 0 amide bonds. The average molecular weight is 287 g/mol. The summed E-state index contributed by atoms with van der Waals surface area (Å²) in [6.45, 7) is 2.14. The third kappa shape index (κ3) is 2.63. The van der Waals surface area contributed by atoms with Gasteiger partial charge in [-0.05, 0) is 42.9 Å². The van der Waals surface area contributed by atoms with E-state index in [-0.39, 0.29) is 5.56 Å². The molecular formula is C15H17N3OS. The molecule has 1 N–H and O–H groups in total. The van der Waals surface area contributed by atoms with E-state index < -0.39 is 0 Å². The fraction of sp³-hybridized carbons (Fsp3) is 0.400. The van der Waals surface area contributed by atoms with Crippen molar-refractivity contribution in [1.82, 2.24) is 15.0 Å². The molecule has 0 spiro atoms. The molecule has 4 nitrogen and oxygen atoms in total. The van der Waals surface area contributed by atoms with Gasteiger partial charge in [-0.3, -0.25) is 9.78 Å². The van der Waals surface area contributed by atoms with Crippen LogP contribution in [-0.2, 0) is 25.0 Å². The van der Waals surface area contributed by atoms with Crippen LogP contribution in [-0.4, -0.2) is 15.0 Å². The summed E-state index contributed by atoms with van der Waals surface area (Å²) in [5, 5.41) is 0.724. The van der Waals surface area contributed by atoms with E-state index in [9.17, 15) is 4.79 Å². The first-order chi connectivity index (χ1) is 9.78. The number of nitrogens with zero attached hydrogens (tertiary/aromatic N) is 2. The van der Waals surface area contributed by atoms with E-state index in [1.807, 2.05) is 12.4 Å². The van der Waals surface area contributed by atoms with Gasteiger partial charge in [0, 0.05) is 23.7 Å². The lowest BCUT2D eigenvalue weighted by atomic mass is 10.1. The highest BCUT2D eigenvalue weighted by Crippen LogP contribution is 2.23. The lowest BCUT2D eigenvalue weighted by Crippen LogP contribution is -2.14. The molecule has 2 aromatic rings. The monoisotopic (exact) mass is 287 g/mol. The first-order valence-corrected chi connectivity index (χ1v) is 7.93. The Morgan fingerprint density at radius 3 is 3.10 bits per heavy atom. The molecule has 1 aliphatic carbocycles. The Balaban J connectivity index is 1.79. The Morgan fingerprint density at radius 2 is 2.25 bits per heavy atom. The summed E-state index contributed by atoms with van der Waals surface area (Å²) < 4.78 is 0. The van der Waals surface area contributed by atoms with Gasteiger partial charge in [0.25, 0.3) is 5.56 Å². The van der Waals surface area contributed by atoms with E-state index in [2.05, 4.69) is 27.9 Å². The molecule has 3 rings (SSSR count). The molecule has 0 atom stereocenters.